The first kappa shape index (κ1) is 22.2. The van der Waals surface area contributed by atoms with Crippen molar-refractivity contribution < 1.29 is 23.5 Å². The van der Waals surface area contributed by atoms with Gasteiger partial charge in [-0.05, 0) is 55.0 Å². The average molecular weight is 481 g/mol. The number of aromatic nitrogens is 2. The highest BCUT2D eigenvalue weighted by Crippen LogP contribution is 2.39. The average Bonchev–Trinajstić information content (AvgIpc) is 3.53. The van der Waals surface area contributed by atoms with E-state index >= 15 is 0 Å². The molecule has 1 atom stereocenters. The fourth-order valence-corrected chi connectivity index (χ4v) is 4.41. The molecule has 1 aromatic heterocycles. The lowest BCUT2D eigenvalue weighted by Gasteiger charge is -2.37. The molecular weight excluding hydrogens is 456 g/mol. The number of hydrogen-bond donors (Lipinski definition) is 1. The minimum absolute atomic E-state index is 0.202. The molecule has 0 bridgehead atoms. The predicted molar refractivity (Wildman–Crippen MR) is 129 cm³/mol. The van der Waals surface area contributed by atoms with Crippen molar-refractivity contribution in [2.75, 3.05) is 34.2 Å². The third kappa shape index (κ3) is 4.06. The Hall–Kier alpha value is -3.63. The number of hydrogen-bond acceptors (Lipinski definition) is 8. The summed E-state index contributed by atoms with van der Waals surface area (Å²) in [6, 6.07) is 13.1. The van der Waals surface area contributed by atoms with Crippen LogP contribution in [0, 0.1) is 0 Å². The molecule has 176 valence electrons. The van der Waals surface area contributed by atoms with E-state index in [1.54, 1.807) is 14.2 Å². The Balaban J connectivity index is 1.57. The van der Waals surface area contributed by atoms with Crippen LogP contribution >= 0.6 is 12.2 Å². The van der Waals surface area contributed by atoms with Gasteiger partial charge in [-0.1, -0.05) is 17.3 Å². The lowest BCUT2D eigenvalue weighted by Crippen LogP contribution is -2.47. The summed E-state index contributed by atoms with van der Waals surface area (Å²) in [6.07, 6.45) is 0. The molecule has 0 amide bonds. The Morgan fingerprint density at radius 3 is 2.82 bits per heavy atom. The third-order valence-corrected chi connectivity index (χ3v) is 6.17. The highest BCUT2D eigenvalue weighted by molar-refractivity contribution is 7.80. The zero-order chi connectivity index (χ0) is 23.7. The number of nitrogens with zero attached hydrogens (tertiary/aromatic N) is 3. The van der Waals surface area contributed by atoms with Crippen molar-refractivity contribution in [1.82, 2.24) is 20.4 Å². The van der Waals surface area contributed by atoms with Crippen LogP contribution in [0.5, 0.6) is 17.2 Å². The van der Waals surface area contributed by atoms with Gasteiger partial charge in [-0.2, -0.15) is 4.98 Å². The van der Waals surface area contributed by atoms with Gasteiger partial charge in [-0.15, -0.1) is 0 Å². The fourth-order valence-electron chi connectivity index (χ4n) is 4.07. The Bertz CT molecular complexity index is 1260. The first-order valence-electron chi connectivity index (χ1n) is 10.7. The second-order valence-corrected chi connectivity index (χ2v) is 8.18. The van der Waals surface area contributed by atoms with E-state index in [1.807, 2.05) is 54.3 Å². The Kier molecular flexibility index (Phi) is 6.08. The summed E-state index contributed by atoms with van der Waals surface area (Å²) >= 11 is 5.69. The quantitative estimate of drug-likeness (QED) is 0.504. The van der Waals surface area contributed by atoms with Crippen molar-refractivity contribution in [3.63, 3.8) is 0 Å². The molecule has 34 heavy (non-hydrogen) atoms. The van der Waals surface area contributed by atoms with E-state index in [0.29, 0.717) is 41.5 Å². The molecule has 0 radical (unpaired) electrons. The van der Waals surface area contributed by atoms with Gasteiger partial charge < -0.3 is 33.7 Å². The summed E-state index contributed by atoms with van der Waals surface area (Å²) in [7, 11) is 3.30. The van der Waals surface area contributed by atoms with Crippen LogP contribution in [-0.2, 0) is 4.74 Å². The molecule has 0 saturated heterocycles. The molecule has 1 N–H and O–H groups in total. The largest absolute Gasteiger partial charge is 0.497 e. The zero-order valence-corrected chi connectivity index (χ0v) is 19.8. The first-order valence-corrected chi connectivity index (χ1v) is 11.2. The summed E-state index contributed by atoms with van der Waals surface area (Å²) in [6.45, 7) is 3.30. The van der Waals surface area contributed by atoms with E-state index in [1.165, 1.54) is 0 Å². The van der Waals surface area contributed by atoms with Crippen LogP contribution in [0.25, 0.3) is 17.0 Å². The van der Waals surface area contributed by atoms with Crippen LogP contribution in [0.4, 0.5) is 0 Å². The topological polar surface area (TPSA) is 91.1 Å². The van der Waals surface area contributed by atoms with Crippen LogP contribution < -0.4 is 19.5 Å². The van der Waals surface area contributed by atoms with E-state index in [2.05, 4.69) is 10.5 Å². The number of ether oxygens (including phenoxy) is 4. The van der Waals surface area contributed by atoms with Gasteiger partial charge in [0.05, 0.1) is 25.3 Å². The molecule has 2 aromatic carbocycles. The molecule has 3 aromatic rings. The summed E-state index contributed by atoms with van der Waals surface area (Å²) in [5, 5.41) is 8.27. The molecule has 2 aliphatic heterocycles. The number of benzene rings is 2. The Labute approximate surface area is 202 Å². The maximum Gasteiger partial charge on any atom is 0.258 e. The van der Waals surface area contributed by atoms with E-state index in [4.69, 9.17) is 40.7 Å². The molecule has 5 rings (SSSR count). The van der Waals surface area contributed by atoms with Gasteiger partial charge in [-0.25, -0.2) is 0 Å². The molecule has 1 unspecified atom stereocenters. The van der Waals surface area contributed by atoms with Crippen molar-refractivity contribution in [2.45, 2.75) is 13.0 Å². The van der Waals surface area contributed by atoms with Gasteiger partial charge in [0.1, 0.15) is 5.75 Å². The highest BCUT2D eigenvalue weighted by Gasteiger charge is 2.34. The van der Waals surface area contributed by atoms with E-state index in [0.717, 1.165) is 28.1 Å². The van der Waals surface area contributed by atoms with Crippen LogP contribution in [0.2, 0.25) is 0 Å². The van der Waals surface area contributed by atoms with E-state index < -0.39 is 0 Å². The monoisotopic (exact) mass is 480 g/mol. The van der Waals surface area contributed by atoms with Crippen LogP contribution in [0.15, 0.2) is 52.7 Å². The molecule has 0 aliphatic carbocycles. The smallest absolute Gasteiger partial charge is 0.258 e. The minimum atomic E-state index is -0.300. The normalized spacial score (nSPS) is 17.2. The fraction of sp³-hybridized carbons (Fsp3) is 0.292. The summed E-state index contributed by atoms with van der Waals surface area (Å²) in [5.41, 5.74) is 3.48. The maximum atomic E-state index is 5.78. The molecule has 0 saturated carbocycles. The molecule has 0 fully saturated rings. The maximum absolute atomic E-state index is 5.78. The lowest BCUT2D eigenvalue weighted by molar-refractivity contribution is 0.174. The number of fused-ring (bicyclic) bond motifs is 1. The Morgan fingerprint density at radius 1 is 1.15 bits per heavy atom. The minimum Gasteiger partial charge on any atom is -0.497 e. The highest BCUT2D eigenvalue weighted by atomic mass is 32.1. The summed E-state index contributed by atoms with van der Waals surface area (Å²) in [5.74, 6) is 2.95. The predicted octanol–water partition coefficient (Wildman–Crippen LogP) is 3.78. The summed E-state index contributed by atoms with van der Waals surface area (Å²) < 4.78 is 27.4. The van der Waals surface area contributed by atoms with Crippen molar-refractivity contribution >= 4 is 22.9 Å². The molecule has 2 aliphatic rings. The molecule has 3 heterocycles. The second-order valence-electron chi connectivity index (χ2n) is 7.79. The van der Waals surface area contributed by atoms with Gasteiger partial charge in [-0.3, -0.25) is 0 Å². The number of allylic oxidation sites excluding steroid dienone is 1. The number of methoxy groups -OCH3 is 2. The van der Waals surface area contributed by atoms with Crippen LogP contribution in [-0.4, -0.2) is 54.3 Å². The first-order chi connectivity index (χ1) is 16.6. The number of thiocarbonyl (C=S) groups is 1. The van der Waals surface area contributed by atoms with Crippen molar-refractivity contribution in [3.8, 4) is 28.6 Å². The number of rotatable bonds is 7. The van der Waals surface area contributed by atoms with Crippen molar-refractivity contribution in [3.05, 3.63) is 59.6 Å². The molecule has 9 nitrogen and oxygen atoms in total. The van der Waals surface area contributed by atoms with Gasteiger partial charge in [0.2, 0.25) is 12.6 Å². The summed E-state index contributed by atoms with van der Waals surface area (Å²) in [4.78, 5) is 6.72. The van der Waals surface area contributed by atoms with Crippen LogP contribution in [0.1, 0.15) is 24.4 Å². The third-order valence-electron chi connectivity index (χ3n) is 5.83. The molecule has 10 heteroatoms. The SMILES string of the molecule is COCCN1C(=S)NC(c2cccc(OC)c2)C(c2nc(-c3ccc4c(c3)OCO4)no2)=C1C. The van der Waals surface area contributed by atoms with Crippen molar-refractivity contribution in [1.29, 1.82) is 0 Å². The molecule has 0 spiro atoms. The molecular formula is C24H24N4O5S. The standard InChI is InChI=1S/C24H24N4O5S/c1-14-20(23-26-22(27-33-23)16-7-8-18-19(12-16)32-13-31-18)21(15-5-4-6-17(11-15)30-3)25-24(34)28(14)9-10-29-2/h4-8,11-12,21H,9-10,13H2,1-3H3,(H,25,34). The van der Waals surface area contributed by atoms with Gasteiger partial charge in [0.15, 0.2) is 16.6 Å². The van der Waals surface area contributed by atoms with Crippen molar-refractivity contribution in [2.24, 2.45) is 0 Å². The van der Waals surface area contributed by atoms with Crippen LogP contribution in [0.3, 0.4) is 0 Å². The van der Waals surface area contributed by atoms with E-state index in [9.17, 15) is 0 Å². The van der Waals surface area contributed by atoms with Gasteiger partial charge in [0, 0.05) is 24.9 Å². The number of nitrogens with one attached hydrogen (secondary N) is 1. The lowest BCUT2D eigenvalue weighted by atomic mass is 9.94. The van der Waals surface area contributed by atoms with E-state index in [-0.39, 0.29) is 12.8 Å². The Morgan fingerprint density at radius 2 is 2.00 bits per heavy atom. The van der Waals surface area contributed by atoms with Gasteiger partial charge in [0.25, 0.3) is 5.89 Å². The van der Waals surface area contributed by atoms with Gasteiger partial charge >= 0.3 is 0 Å². The zero-order valence-electron chi connectivity index (χ0n) is 19.0. The second kappa shape index (κ2) is 9.32.